The molecule has 1 rings (SSSR count). The van der Waals surface area contributed by atoms with Crippen molar-refractivity contribution in [2.75, 3.05) is 13.7 Å². The molecule has 1 atom stereocenters. The summed E-state index contributed by atoms with van der Waals surface area (Å²) in [4.78, 5) is 12.1. The van der Waals surface area contributed by atoms with Crippen molar-refractivity contribution >= 4 is 6.09 Å². The molecular weight excluding hydrogens is 130 g/mol. The van der Waals surface area contributed by atoms with Crippen molar-refractivity contribution < 1.29 is 9.53 Å². The summed E-state index contributed by atoms with van der Waals surface area (Å²) in [7, 11) is 1.74. The number of nitrogens with zero attached hydrogens (tertiary/aromatic N) is 1. The van der Waals surface area contributed by atoms with Crippen molar-refractivity contribution in [3.8, 4) is 0 Å². The van der Waals surface area contributed by atoms with Crippen LogP contribution in [0.1, 0.15) is 20.8 Å². The molecule has 1 heterocycles. The van der Waals surface area contributed by atoms with Crippen molar-refractivity contribution in [1.29, 1.82) is 0 Å². The van der Waals surface area contributed by atoms with E-state index in [1.807, 2.05) is 20.8 Å². The largest absolute Gasteiger partial charge is 0.447 e. The summed E-state index contributed by atoms with van der Waals surface area (Å²) in [5.41, 5.74) is 0. The van der Waals surface area contributed by atoms with E-state index in [1.54, 1.807) is 11.9 Å². The number of cyclic esters (lactones) is 1. The highest BCUT2D eigenvalue weighted by atomic mass is 16.6. The number of hydrogen-bond acceptors (Lipinski definition) is 2. The van der Waals surface area contributed by atoms with Gasteiger partial charge in [-0.2, -0.15) is 0 Å². The number of ether oxygens (including phenoxy) is 1. The molecule has 0 spiro atoms. The molecule has 1 unspecified atom stereocenters. The van der Waals surface area contributed by atoms with Crippen LogP contribution >= 0.6 is 0 Å². The average Bonchev–Trinajstić information content (AvgIpc) is 2.25. The summed E-state index contributed by atoms with van der Waals surface area (Å²) in [5, 5.41) is 0. The zero-order valence-electron chi connectivity index (χ0n) is 7.05. The first-order chi connectivity index (χ1) is 4.72. The Labute approximate surface area is 62.0 Å². The molecule has 0 aromatic carbocycles. The van der Waals surface area contributed by atoms with Gasteiger partial charge in [-0.25, -0.2) is 4.79 Å². The van der Waals surface area contributed by atoms with Crippen molar-refractivity contribution in [2.24, 2.45) is 0 Å². The molecule has 0 aromatic rings. The Morgan fingerprint density at radius 2 is 2.10 bits per heavy atom. The summed E-state index contributed by atoms with van der Waals surface area (Å²) in [6.07, 6.45) is -0.211. The molecule has 1 saturated heterocycles. The second-order valence-electron chi connectivity index (χ2n) is 2.04. The van der Waals surface area contributed by atoms with Crippen LogP contribution in [0.2, 0.25) is 0 Å². The second-order valence-corrected chi connectivity index (χ2v) is 2.04. The molecule has 3 heteroatoms. The number of likely N-dealkylation sites (N-methyl/N-ethyl adjacent to an activating group) is 1. The third-order valence-corrected chi connectivity index (χ3v) is 1.40. The van der Waals surface area contributed by atoms with E-state index >= 15 is 0 Å². The number of rotatable bonds is 0. The van der Waals surface area contributed by atoms with Gasteiger partial charge in [0, 0.05) is 7.05 Å². The van der Waals surface area contributed by atoms with Crippen LogP contribution in [0.3, 0.4) is 0 Å². The fourth-order valence-corrected chi connectivity index (χ4v) is 0.585. The van der Waals surface area contributed by atoms with Crippen LogP contribution in [-0.2, 0) is 4.74 Å². The molecule has 1 aliphatic rings. The maximum absolute atomic E-state index is 10.5. The standard InChI is InChI=1S/C5H9NO2.C2H6/c1-4-3-8-5(7)6(4)2;1-2/h4H,3H2,1-2H3;1-2H3. The Hall–Kier alpha value is -0.730. The molecule has 60 valence electrons. The summed E-state index contributed by atoms with van der Waals surface area (Å²) in [6.45, 7) is 6.49. The van der Waals surface area contributed by atoms with Crippen LogP contribution in [0.15, 0.2) is 0 Å². The van der Waals surface area contributed by atoms with E-state index in [0.29, 0.717) is 6.61 Å². The molecule has 3 nitrogen and oxygen atoms in total. The topological polar surface area (TPSA) is 29.5 Å². The van der Waals surface area contributed by atoms with Crippen LogP contribution in [0, 0.1) is 0 Å². The Kier molecular flexibility index (Phi) is 3.84. The summed E-state index contributed by atoms with van der Waals surface area (Å²) < 4.78 is 4.66. The summed E-state index contributed by atoms with van der Waals surface area (Å²) in [5.74, 6) is 0. The molecule has 10 heavy (non-hydrogen) atoms. The quantitative estimate of drug-likeness (QED) is 0.516. The lowest BCUT2D eigenvalue weighted by atomic mass is 10.4. The normalized spacial score (nSPS) is 23.4. The molecule has 0 aliphatic carbocycles. The first kappa shape index (κ1) is 9.27. The molecule has 0 bridgehead atoms. The first-order valence-electron chi connectivity index (χ1n) is 3.61. The predicted octanol–water partition coefficient (Wildman–Crippen LogP) is 1.48. The molecule has 0 radical (unpaired) electrons. The summed E-state index contributed by atoms with van der Waals surface area (Å²) in [6, 6.07) is 0.252. The molecular formula is C7H15NO2. The third-order valence-electron chi connectivity index (χ3n) is 1.40. The van der Waals surface area contributed by atoms with Gasteiger partial charge in [0.15, 0.2) is 0 Å². The van der Waals surface area contributed by atoms with Crippen molar-refractivity contribution in [3.05, 3.63) is 0 Å². The van der Waals surface area contributed by atoms with Gasteiger partial charge in [-0.15, -0.1) is 0 Å². The van der Waals surface area contributed by atoms with Crippen LogP contribution in [-0.4, -0.2) is 30.7 Å². The van der Waals surface area contributed by atoms with Gasteiger partial charge in [0.25, 0.3) is 0 Å². The number of amides is 1. The molecule has 0 saturated carbocycles. The van der Waals surface area contributed by atoms with E-state index in [4.69, 9.17) is 0 Å². The van der Waals surface area contributed by atoms with Crippen LogP contribution < -0.4 is 0 Å². The molecule has 1 amide bonds. The van der Waals surface area contributed by atoms with Gasteiger partial charge in [-0.05, 0) is 6.92 Å². The van der Waals surface area contributed by atoms with E-state index in [9.17, 15) is 4.79 Å². The molecule has 1 aliphatic heterocycles. The lowest BCUT2D eigenvalue weighted by Gasteiger charge is -2.08. The smallest absolute Gasteiger partial charge is 0.409 e. The van der Waals surface area contributed by atoms with E-state index in [2.05, 4.69) is 4.74 Å². The molecule has 0 N–H and O–H groups in total. The fraction of sp³-hybridized carbons (Fsp3) is 0.857. The number of carbonyl (C=O) groups excluding carboxylic acids is 1. The highest BCUT2D eigenvalue weighted by Gasteiger charge is 2.24. The molecule has 0 aromatic heterocycles. The van der Waals surface area contributed by atoms with E-state index in [0.717, 1.165) is 0 Å². The minimum absolute atomic E-state index is 0.211. The fourth-order valence-electron chi connectivity index (χ4n) is 0.585. The predicted molar refractivity (Wildman–Crippen MR) is 39.9 cm³/mol. The van der Waals surface area contributed by atoms with Gasteiger partial charge < -0.3 is 9.64 Å². The van der Waals surface area contributed by atoms with Crippen LogP contribution in [0.4, 0.5) is 4.79 Å². The van der Waals surface area contributed by atoms with E-state index in [1.165, 1.54) is 0 Å². The van der Waals surface area contributed by atoms with Gasteiger partial charge in [0.05, 0.1) is 6.04 Å². The second kappa shape index (κ2) is 4.14. The van der Waals surface area contributed by atoms with Gasteiger partial charge in [0.2, 0.25) is 0 Å². The van der Waals surface area contributed by atoms with Crippen LogP contribution in [0.5, 0.6) is 0 Å². The Bertz CT molecular complexity index is 114. The third kappa shape index (κ3) is 1.90. The lowest BCUT2D eigenvalue weighted by Crippen LogP contribution is -2.25. The van der Waals surface area contributed by atoms with Crippen molar-refractivity contribution in [3.63, 3.8) is 0 Å². The van der Waals surface area contributed by atoms with Gasteiger partial charge in [-0.1, -0.05) is 13.8 Å². The number of carbonyl (C=O) groups is 1. The van der Waals surface area contributed by atoms with Crippen molar-refractivity contribution in [1.82, 2.24) is 4.90 Å². The van der Waals surface area contributed by atoms with Gasteiger partial charge in [0.1, 0.15) is 6.61 Å². The SMILES string of the molecule is CC.CC1COC(=O)N1C. The van der Waals surface area contributed by atoms with Crippen molar-refractivity contribution in [2.45, 2.75) is 26.8 Å². The van der Waals surface area contributed by atoms with Gasteiger partial charge >= 0.3 is 6.09 Å². The first-order valence-corrected chi connectivity index (χ1v) is 3.61. The van der Waals surface area contributed by atoms with E-state index in [-0.39, 0.29) is 12.1 Å². The van der Waals surface area contributed by atoms with Gasteiger partial charge in [-0.3, -0.25) is 0 Å². The Balaban J connectivity index is 0.000000371. The molecule has 1 fully saturated rings. The zero-order valence-corrected chi connectivity index (χ0v) is 7.05. The Morgan fingerprint density at radius 3 is 2.20 bits per heavy atom. The maximum atomic E-state index is 10.5. The van der Waals surface area contributed by atoms with Crippen LogP contribution in [0.25, 0.3) is 0 Å². The zero-order chi connectivity index (χ0) is 8.15. The number of hydrogen-bond donors (Lipinski definition) is 0. The Morgan fingerprint density at radius 1 is 1.60 bits per heavy atom. The average molecular weight is 145 g/mol. The highest BCUT2D eigenvalue weighted by Crippen LogP contribution is 2.06. The highest BCUT2D eigenvalue weighted by molar-refractivity contribution is 5.69. The monoisotopic (exact) mass is 145 g/mol. The lowest BCUT2D eigenvalue weighted by molar-refractivity contribution is 0.163. The minimum atomic E-state index is -0.211. The van der Waals surface area contributed by atoms with E-state index < -0.39 is 0 Å². The summed E-state index contributed by atoms with van der Waals surface area (Å²) >= 11 is 0. The maximum Gasteiger partial charge on any atom is 0.409 e. The minimum Gasteiger partial charge on any atom is -0.447 e.